The van der Waals surface area contributed by atoms with Crippen LogP contribution in [0.1, 0.15) is 0 Å². The number of nitro groups is 1. The first-order valence-corrected chi connectivity index (χ1v) is 2.82. The number of nitrogens with zero attached hydrogens (tertiary/aromatic N) is 1. The maximum Gasteiger partial charge on any atom is 0.255 e. The van der Waals surface area contributed by atoms with Gasteiger partial charge in [0.05, 0.1) is 0 Å². The summed E-state index contributed by atoms with van der Waals surface area (Å²) in [5, 5.41) is 10.2. The topological polar surface area (TPSA) is 69.2 Å². The van der Waals surface area contributed by atoms with Gasteiger partial charge in [0.2, 0.25) is 0 Å². The van der Waals surface area contributed by atoms with E-state index in [0.717, 1.165) is 0 Å². The zero-order chi connectivity index (χ0) is 7.56. The molecule has 1 unspecified atom stereocenters. The van der Waals surface area contributed by atoms with Crippen LogP contribution in [0.2, 0.25) is 0 Å². The summed E-state index contributed by atoms with van der Waals surface area (Å²) in [7, 11) is 0. The van der Waals surface area contributed by atoms with E-state index in [0.29, 0.717) is 0 Å². The summed E-state index contributed by atoms with van der Waals surface area (Å²) < 4.78 is 0. The van der Waals surface area contributed by atoms with Crippen molar-refractivity contribution < 1.29 is 4.92 Å². The lowest BCUT2D eigenvalue weighted by molar-refractivity contribution is -0.503. The van der Waals surface area contributed by atoms with Gasteiger partial charge in [-0.25, -0.2) is 0 Å². The molecule has 1 aliphatic carbocycles. The molecule has 0 fully saturated rings. The van der Waals surface area contributed by atoms with Crippen LogP contribution in [0.25, 0.3) is 0 Å². The summed E-state index contributed by atoms with van der Waals surface area (Å²) in [5.41, 5.74) is 5.32. The van der Waals surface area contributed by atoms with Crippen LogP contribution >= 0.6 is 0 Å². The second-order valence-electron chi connectivity index (χ2n) is 1.97. The molecule has 53 valence electrons. The van der Waals surface area contributed by atoms with Crippen LogP contribution in [-0.4, -0.2) is 11.0 Å². The monoisotopic (exact) mass is 139 g/mol. The average molecular weight is 139 g/mol. The molecule has 0 saturated carbocycles. The SMILES string of the molecule is N[C]1C=CC=CC1[N+](=O)[O-]. The van der Waals surface area contributed by atoms with Gasteiger partial charge >= 0.3 is 0 Å². The molecular formula is C6H7N2O2. The van der Waals surface area contributed by atoms with Gasteiger partial charge in [-0.1, -0.05) is 18.2 Å². The van der Waals surface area contributed by atoms with Crippen molar-refractivity contribution in [1.29, 1.82) is 0 Å². The number of hydrogen-bond acceptors (Lipinski definition) is 3. The number of nitrogens with two attached hydrogens (primary N) is 1. The van der Waals surface area contributed by atoms with Gasteiger partial charge in [-0.2, -0.15) is 0 Å². The second-order valence-corrected chi connectivity index (χ2v) is 1.97. The van der Waals surface area contributed by atoms with Gasteiger partial charge in [-0.3, -0.25) is 10.1 Å². The van der Waals surface area contributed by atoms with Gasteiger partial charge in [-0.15, -0.1) is 0 Å². The Hall–Kier alpha value is -1.16. The Bertz CT molecular complexity index is 198. The third-order valence-corrected chi connectivity index (χ3v) is 1.26. The molecule has 1 radical (unpaired) electrons. The van der Waals surface area contributed by atoms with Gasteiger partial charge in [0.1, 0.15) is 6.04 Å². The lowest BCUT2D eigenvalue weighted by Crippen LogP contribution is -2.31. The van der Waals surface area contributed by atoms with E-state index in [1.807, 2.05) is 0 Å². The largest absolute Gasteiger partial charge is 0.314 e. The molecule has 0 bridgehead atoms. The highest BCUT2D eigenvalue weighted by Gasteiger charge is 2.25. The van der Waals surface area contributed by atoms with Crippen molar-refractivity contribution in [2.24, 2.45) is 5.73 Å². The van der Waals surface area contributed by atoms with Gasteiger partial charge in [0.15, 0.2) is 0 Å². The fraction of sp³-hybridized carbons (Fsp3) is 0.167. The summed E-state index contributed by atoms with van der Waals surface area (Å²) in [4.78, 5) is 9.76. The van der Waals surface area contributed by atoms with Crippen LogP contribution in [-0.2, 0) is 0 Å². The first-order chi connectivity index (χ1) is 4.72. The molecule has 0 aliphatic heterocycles. The minimum atomic E-state index is -0.829. The summed E-state index contributed by atoms with van der Waals surface area (Å²) in [6, 6.07) is -0.544. The van der Waals surface area contributed by atoms with Crippen LogP contribution in [0.5, 0.6) is 0 Å². The first kappa shape index (κ1) is 6.95. The van der Waals surface area contributed by atoms with Crippen LogP contribution in [0.3, 0.4) is 0 Å². The van der Waals surface area contributed by atoms with Crippen molar-refractivity contribution in [2.75, 3.05) is 0 Å². The van der Waals surface area contributed by atoms with E-state index in [1.165, 1.54) is 12.2 Å². The second kappa shape index (κ2) is 2.62. The van der Waals surface area contributed by atoms with E-state index in [2.05, 4.69) is 0 Å². The minimum Gasteiger partial charge on any atom is -0.314 e. The summed E-state index contributed by atoms with van der Waals surface area (Å²) >= 11 is 0. The molecule has 1 rings (SSSR count). The van der Waals surface area contributed by atoms with E-state index in [9.17, 15) is 10.1 Å². The molecule has 4 nitrogen and oxygen atoms in total. The Kier molecular flexibility index (Phi) is 1.82. The maximum absolute atomic E-state index is 10.2. The fourth-order valence-electron chi connectivity index (χ4n) is 0.738. The zero-order valence-electron chi connectivity index (χ0n) is 5.23. The highest BCUT2D eigenvalue weighted by molar-refractivity contribution is 5.26. The molecule has 10 heavy (non-hydrogen) atoms. The molecule has 0 amide bonds. The van der Waals surface area contributed by atoms with Crippen molar-refractivity contribution in [3.63, 3.8) is 0 Å². The van der Waals surface area contributed by atoms with Crippen molar-refractivity contribution in [3.8, 4) is 0 Å². The van der Waals surface area contributed by atoms with Gasteiger partial charge in [0.25, 0.3) is 6.04 Å². The summed E-state index contributed by atoms with van der Waals surface area (Å²) in [5.74, 6) is 0. The number of rotatable bonds is 1. The predicted octanol–water partition coefficient (Wildman–Crippen LogP) is 0.248. The van der Waals surface area contributed by atoms with E-state index >= 15 is 0 Å². The molecular weight excluding hydrogens is 132 g/mol. The van der Waals surface area contributed by atoms with Crippen molar-refractivity contribution in [2.45, 2.75) is 6.04 Å². The van der Waals surface area contributed by atoms with E-state index in [4.69, 9.17) is 5.73 Å². The molecule has 0 aromatic heterocycles. The van der Waals surface area contributed by atoms with Gasteiger partial charge in [0, 0.05) is 4.92 Å². The standard InChI is InChI=1S/C6H7N2O2/c7-5-3-1-2-4-6(5)8(9)10/h1-4,6H,7H2. The molecule has 0 heterocycles. The van der Waals surface area contributed by atoms with Crippen molar-refractivity contribution in [3.05, 3.63) is 40.5 Å². The van der Waals surface area contributed by atoms with Gasteiger partial charge in [-0.05, 0) is 6.08 Å². The lowest BCUT2D eigenvalue weighted by Gasteiger charge is -2.10. The van der Waals surface area contributed by atoms with Crippen molar-refractivity contribution >= 4 is 0 Å². The van der Waals surface area contributed by atoms with Crippen LogP contribution in [0, 0.1) is 16.2 Å². The number of hydrogen-bond donors (Lipinski definition) is 1. The Morgan fingerprint density at radius 2 is 2.30 bits per heavy atom. The normalized spacial score (nSPS) is 25.1. The lowest BCUT2D eigenvalue weighted by atomic mass is 10.1. The molecule has 1 aliphatic rings. The van der Waals surface area contributed by atoms with Crippen LogP contribution < -0.4 is 5.73 Å². The molecule has 0 spiro atoms. The smallest absolute Gasteiger partial charge is 0.255 e. The highest BCUT2D eigenvalue weighted by atomic mass is 16.6. The Morgan fingerprint density at radius 3 is 2.70 bits per heavy atom. The first-order valence-electron chi connectivity index (χ1n) is 2.82. The van der Waals surface area contributed by atoms with Gasteiger partial charge < -0.3 is 5.73 Å². The quantitative estimate of drug-likeness (QED) is 0.418. The molecule has 2 N–H and O–H groups in total. The van der Waals surface area contributed by atoms with E-state index in [-0.39, 0.29) is 6.04 Å². The van der Waals surface area contributed by atoms with Crippen molar-refractivity contribution in [1.82, 2.24) is 0 Å². The minimum absolute atomic E-state index is 0.285. The van der Waals surface area contributed by atoms with Crippen LogP contribution in [0.4, 0.5) is 0 Å². The summed E-state index contributed by atoms with van der Waals surface area (Å²) in [6.07, 6.45) is 6.28. The van der Waals surface area contributed by atoms with E-state index < -0.39 is 11.0 Å². The molecule has 0 aromatic carbocycles. The molecule has 4 heteroatoms. The Morgan fingerprint density at radius 1 is 1.60 bits per heavy atom. The number of allylic oxidation sites excluding steroid dienone is 2. The van der Waals surface area contributed by atoms with E-state index in [1.54, 1.807) is 12.2 Å². The third-order valence-electron chi connectivity index (χ3n) is 1.26. The third kappa shape index (κ3) is 1.22. The fourth-order valence-corrected chi connectivity index (χ4v) is 0.738. The molecule has 0 aromatic rings. The molecule has 0 saturated heterocycles. The van der Waals surface area contributed by atoms with Crippen LogP contribution in [0.15, 0.2) is 24.3 Å². The zero-order valence-corrected chi connectivity index (χ0v) is 5.23. The average Bonchev–Trinajstić information content (AvgIpc) is 1.88. The predicted molar refractivity (Wildman–Crippen MR) is 36.5 cm³/mol. The molecule has 1 atom stereocenters. The Labute approximate surface area is 58.2 Å². The Balaban J connectivity index is 2.70. The highest BCUT2D eigenvalue weighted by Crippen LogP contribution is 2.10. The summed E-state index contributed by atoms with van der Waals surface area (Å²) in [6.45, 7) is 0. The maximum atomic E-state index is 10.2.